The summed E-state index contributed by atoms with van der Waals surface area (Å²) >= 11 is 0. The zero-order valence-corrected chi connectivity index (χ0v) is 10.4. The standard InChI is InChI=1S/C13H18F2N2O/c1-18-3-2-17-7-12(13(16)8-17)9-4-10(14)6-11(15)5-9/h4-6,12-13H,2-3,7-8,16H2,1H3/t12-,13+/m0/s1. The molecule has 100 valence electrons. The second kappa shape index (κ2) is 5.73. The van der Waals surface area contributed by atoms with Gasteiger partial charge in [0.15, 0.2) is 0 Å². The van der Waals surface area contributed by atoms with Gasteiger partial charge in [-0.15, -0.1) is 0 Å². The van der Waals surface area contributed by atoms with Crippen LogP contribution >= 0.6 is 0 Å². The van der Waals surface area contributed by atoms with Crippen LogP contribution in [0.1, 0.15) is 11.5 Å². The predicted octanol–water partition coefficient (Wildman–Crippen LogP) is 1.34. The lowest BCUT2D eigenvalue weighted by Gasteiger charge is -2.15. The topological polar surface area (TPSA) is 38.5 Å². The van der Waals surface area contributed by atoms with E-state index in [1.165, 1.54) is 12.1 Å². The Morgan fingerprint density at radius 2 is 1.94 bits per heavy atom. The number of likely N-dealkylation sites (tertiary alicyclic amines) is 1. The first-order valence-electron chi connectivity index (χ1n) is 6.03. The van der Waals surface area contributed by atoms with E-state index in [9.17, 15) is 8.78 Å². The molecule has 18 heavy (non-hydrogen) atoms. The van der Waals surface area contributed by atoms with E-state index in [4.69, 9.17) is 10.5 Å². The Morgan fingerprint density at radius 3 is 2.56 bits per heavy atom. The minimum atomic E-state index is -0.549. The van der Waals surface area contributed by atoms with Crippen LogP contribution in [0.25, 0.3) is 0 Å². The molecule has 0 aromatic heterocycles. The van der Waals surface area contributed by atoms with Crippen LogP contribution in [-0.4, -0.2) is 44.3 Å². The van der Waals surface area contributed by atoms with Gasteiger partial charge < -0.3 is 10.5 Å². The monoisotopic (exact) mass is 256 g/mol. The van der Waals surface area contributed by atoms with Gasteiger partial charge in [0.05, 0.1) is 6.61 Å². The molecule has 1 aromatic rings. The first-order chi connectivity index (χ1) is 8.60. The zero-order valence-electron chi connectivity index (χ0n) is 10.4. The number of methoxy groups -OCH3 is 1. The average molecular weight is 256 g/mol. The van der Waals surface area contributed by atoms with Crippen LogP contribution in [0.5, 0.6) is 0 Å². The molecule has 1 aromatic carbocycles. The summed E-state index contributed by atoms with van der Waals surface area (Å²) in [4.78, 5) is 2.15. The molecule has 0 spiro atoms. The Balaban J connectivity index is 2.08. The lowest BCUT2D eigenvalue weighted by molar-refractivity contribution is 0.160. The first-order valence-corrected chi connectivity index (χ1v) is 6.03. The van der Waals surface area contributed by atoms with E-state index in [1.807, 2.05) is 0 Å². The molecule has 2 N–H and O–H groups in total. The van der Waals surface area contributed by atoms with Crippen LogP contribution in [0.15, 0.2) is 18.2 Å². The Hall–Kier alpha value is -1.04. The number of benzene rings is 1. The Labute approximate surface area is 106 Å². The highest BCUT2D eigenvalue weighted by atomic mass is 19.1. The van der Waals surface area contributed by atoms with E-state index in [1.54, 1.807) is 7.11 Å². The first kappa shape index (κ1) is 13.4. The molecule has 0 unspecified atom stereocenters. The molecule has 2 atom stereocenters. The summed E-state index contributed by atoms with van der Waals surface area (Å²) in [6.45, 7) is 2.87. The van der Waals surface area contributed by atoms with Crippen molar-refractivity contribution in [3.8, 4) is 0 Å². The predicted molar refractivity (Wildman–Crippen MR) is 65.4 cm³/mol. The number of rotatable bonds is 4. The molecule has 0 bridgehead atoms. The van der Waals surface area contributed by atoms with Gasteiger partial charge in [-0.3, -0.25) is 4.90 Å². The number of hydrogen-bond acceptors (Lipinski definition) is 3. The Bertz CT molecular complexity index is 394. The summed E-state index contributed by atoms with van der Waals surface area (Å²) < 4.78 is 31.4. The van der Waals surface area contributed by atoms with Gasteiger partial charge in [-0.2, -0.15) is 0 Å². The van der Waals surface area contributed by atoms with Crippen molar-refractivity contribution in [1.29, 1.82) is 0 Å². The minimum Gasteiger partial charge on any atom is -0.383 e. The maximum atomic E-state index is 13.2. The zero-order chi connectivity index (χ0) is 13.1. The molecule has 0 saturated carbocycles. The van der Waals surface area contributed by atoms with Crippen LogP contribution in [0, 0.1) is 11.6 Å². The van der Waals surface area contributed by atoms with Gasteiger partial charge in [0.25, 0.3) is 0 Å². The second-order valence-electron chi connectivity index (χ2n) is 4.73. The fourth-order valence-electron chi connectivity index (χ4n) is 2.46. The van der Waals surface area contributed by atoms with Gasteiger partial charge in [-0.1, -0.05) is 0 Å². The van der Waals surface area contributed by atoms with Crippen molar-refractivity contribution in [2.75, 3.05) is 33.4 Å². The molecule has 0 radical (unpaired) electrons. The quantitative estimate of drug-likeness (QED) is 0.883. The number of ether oxygens (including phenoxy) is 1. The number of hydrogen-bond donors (Lipinski definition) is 1. The van der Waals surface area contributed by atoms with Crippen molar-refractivity contribution in [3.63, 3.8) is 0 Å². The highest BCUT2D eigenvalue weighted by Crippen LogP contribution is 2.27. The summed E-state index contributed by atoms with van der Waals surface area (Å²) in [6.07, 6.45) is 0. The summed E-state index contributed by atoms with van der Waals surface area (Å²) in [6, 6.07) is 3.52. The molecule has 5 heteroatoms. The molecule has 3 nitrogen and oxygen atoms in total. The summed E-state index contributed by atoms with van der Waals surface area (Å²) in [5.74, 6) is -1.12. The van der Waals surface area contributed by atoms with E-state index in [2.05, 4.69) is 4.90 Å². The van der Waals surface area contributed by atoms with E-state index >= 15 is 0 Å². The maximum Gasteiger partial charge on any atom is 0.126 e. The van der Waals surface area contributed by atoms with Crippen LogP contribution in [-0.2, 0) is 4.74 Å². The van der Waals surface area contributed by atoms with Crippen LogP contribution in [0.3, 0.4) is 0 Å². The number of halogens is 2. The third kappa shape index (κ3) is 3.04. The molecule has 1 aliphatic heterocycles. The normalized spacial score (nSPS) is 24.7. The largest absolute Gasteiger partial charge is 0.383 e. The fourth-order valence-corrected chi connectivity index (χ4v) is 2.46. The SMILES string of the molecule is COCCN1C[C@@H](N)[C@H](c2cc(F)cc(F)c2)C1. The Kier molecular flexibility index (Phi) is 4.27. The van der Waals surface area contributed by atoms with Gasteiger partial charge in [0.1, 0.15) is 11.6 Å². The van der Waals surface area contributed by atoms with Crippen molar-refractivity contribution >= 4 is 0 Å². The van der Waals surface area contributed by atoms with E-state index < -0.39 is 11.6 Å². The molecule has 1 heterocycles. The summed E-state index contributed by atoms with van der Waals surface area (Å²) in [7, 11) is 1.65. The van der Waals surface area contributed by atoms with Crippen LogP contribution in [0.2, 0.25) is 0 Å². The van der Waals surface area contributed by atoms with Crippen molar-refractivity contribution in [2.45, 2.75) is 12.0 Å². The van der Waals surface area contributed by atoms with Crippen LogP contribution in [0.4, 0.5) is 8.78 Å². The van der Waals surface area contributed by atoms with Crippen molar-refractivity contribution in [2.24, 2.45) is 5.73 Å². The highest BCUT2D eigenvalue weighted by molar-refractivity contribution is 5.25. The molecule has 1 saturated heterocycles. The fraction of sp³-hybridized carbons (Fsp3) is 0.538. The van der Waals surface area contributed by atoms with E-state index in [0.29, 0.717) is 18.7 Å². The smallest absolute Gasteiger partial charge is 0.126 e. The third-order valence-corrected chi connectivity index (χ3v) is 3.37. The molecule has 0 aliphatic carbocycles. The lowest BCUT2D eigenvalue weighted by Crippen LogP contribution is -2.30. The second-order valence-corrected chi connectivity index (χ2v) is 4.73. The molecule has 0 amide bonds. The van der Waals surface area contributed by atoms with E-state index in [0.717, 1.165) is 19.2 Å². The molecular formula is C13H18F2N2O. The summed E-state index contributed by atoms with van der Waals surface area (Å²) in [5, 5.41) is 0. The van der Waals surface area contributed by atoms with Gasteiger partial charge in [-0.25, -0.2) is 8.78 Å². The van der Waals surface area contributed by atoms with Gasteiger partial charge in [0, 0.05) is 44.8 Å². The Morgan fingerprint density at radius 1 is 1.28 bits per heavy atom. The third-order valence-electron chi connectivity index (χ3n) is 3.37. The summed E-state index contributed by atoms with van der Waals surface area (Å²) in [5.41, 5.74) is 6.68. The molecule has 1 fully saturated rings. The minimum absolute atomic E-state index is 0.0212. The lowest BCUT2D eigenvalue weighted by atomic mass is 9.95. The highest BCUT2D eigenvalue weighted by Gasteiger charge is 2.31. The maximum absolute atomic E-state index is 13.2. The van der Waals surface area contributed by atoms with Crippen molar-refractivity contribution in [1.82, 2.24) is 4.90 Å². The van der Waals surface area contributed by atoms with E-state index in [-0.39, 0.29) is 12.0 Å². The number of nitrogens with two attached hydrogens (primary N) is 1. The molecule has 1 aliphatic rings. The van der Waals surface area contributed by atoms with Gasteiger partial charge >= 0.3 is 0 Å². The molecular weight excluding hydrogens is 238 g/mol. The average Bonchev–Trinajstić information content (AvgIpc) is 2.66. The van der Waals surface area contributed by atoms with Crippen molar-refractivity contribution < 1.29 is 13.5 Å². The van der Waals surface area contributed by atoms with Gasteiger partial charge in [0.2, 0.25) is 0 Å². The van der Waals surface area contributed by atoms with Crippen LogP contribution < -0.4 is 5.73 Å². The van der Waals surface area contributed by atoms with Crippen molar-refractivity contribution in [3.05, 3.63) is 35.4 Å². The number of nitrogens with zero attached hydrogens (tertiary/aromatic N) is 1. The van der Waals surface area contributed by atoms with Gasteiger partial charge in [-0.05, 0) is 17.7 Å². The molecule has 2 rings (SSSR count).